The van der Waals surface area contributed by atoms with Gasteiger partial charge in [0, 0.05) is 0 Å². The molecule has 0 amide bonds. The van der Waals surface area contributed by atoms with Crippen LogP contribution in [0.15, 0.2) is 39.5 Å². The summed E-state index contributed by atoms with van der Waals surface area (Å²) in [4.78, 5) is 15.5. The summed E-state index contributed by atoms with van der Waals surface area (Å²) in [5, 5.41) is 19.8. The molecule has 1 heterocycles. The second-order valence-electron chi connectivity index (χ2n) is 6.77. The first-order valence-corrected chi connectivity index (χ1v) is 14.2. The van der Waals surface area contributed by atoms with E-state index in [2.05, 4.69) is 65.9 Å². The molecular weight excluding hydrogens is 437 g/mol. The van der Waals surface area contributed by atoms with Crippen LogP contribution >= 0.6 is 17.8 Å². The van der Waals surface area contributed by atoms with Crippen LogP contribution in [-0.4, -0.2) is 63.4 Å². The van der Waals surface area contributed by atoms with Gasteiger partial charge in [-0.3, -0.25) is 0 Å². The van der Waals surface area contributed by atoms with Crippen molar-refractivity contribution >= 4 is 28.7 Å². The van der Waals surface area contributed by atoms with Crippen molar-refractivity contribution in [1.29, 1.82) is 0 Å². The molecule has 0 N–H and O–H groups in total. The third kappa shape index (κ3) is 4.47. The minimum absolute atomic E-state index is 0.0133. The van der Waals surface area contributed by atoms with E-state index >= 15 is 0 Å². The van der Waals surface area contributed by atoms with E-state index in [1.807, 2.05) is 0 Å². The topological polar surface area (TPSA) is 99.2 Å². The van der Waals surface area contributed by atoms with Crippen molar-refractivity contribution in [1.82, 2.24) is 14.0 Å². The maximum atomic E-state index is 11.0. The standard InChI is InChI=1S/C19H34N7O3PS/c1-7-23(8-2)30(24(9-3)10-4,25(11-5)12-6)22-21-20-19(31-30)29-18-15-13-17(14-16-18)26(27)28/h13-16H,7-12H2,1-6H3. The van der Waals surface area contributed by atoms with E-state index in [0.717, 1.165) is 39.3 Å². The van der Waals surface area contributed by atoms with Crippen molar-refractivity contribution in [3.8, 4) is 5.75 Å². The van der Waals surface area contributed by atoms with Gasteiger partial charge < -0.3 is 0 Å². The first kappa shape index (κ1) is 25.6. The van der Waals surface area contributed by atoms with Gasteiger partial charge in [0.05, 0.1) is 0 Å². The van der Waals surface area contributed by atoms with E-state index in [1.165, 1.54) is 12.1 Å². The number of benzene rings is 1. The summed E-state index contributed by atoms with van der Waals surface area (Å²) in [5.74, 6) is 0.476. The summed E-state index contributed by atoms with van der Waals surface area (Å²) in [6, 6.07) is 6.00. The van der Waals surface area contributed by atoms with E-state index in [0.29, 0.717) is 11.0 Å². The van der Waals surface area contributed by atoms with Crippen molar-refractivity contribution < 1.29 is 9.66 Å². The molecule has 10 nitrogen and oxygen atoms in total. The monoisotopic (exact) mass is 471 g/mol. The average Bonchev–Trinajstić information content (AvgIpc) is 2.77. The van der Waals surface area contributed by atoms with Crippen LogP contribution in [-0.2, 0) is 0 Å². The molecule has 0 aliphatic carbocycles. The maximum absolute atomic E-state index is 11.0. The van der Waals surface area contributed by atoms with E-state index in [9.17, 15) is 10.1 Å². The van der Waals surface area contributed by atoms with E-state index < -0.39 is 11.3 Å². The van der Waals surface area contributed by atoms with Crippen LogP contribution in [0.25, 0.3) is 0 Å². The average molecular weight is 472 g/mol. The fraction of sp³-hybridized carbons (Fsp3) is 0.632. The van der Waals surface area contributed by atoms with Crippen LogP contribution < -0.4 is 4.74 Å². The normalized spacial score (nSPS) is 18.6. The molecule has 2 rings (SSSR count). The van der Waals surface area contributed by atoms with Gasteiger partial charge in [-0.1, -0.05) is 0 Å². The summed E-state index contributed by atoms with van der Waals surface area (Å²) in [6.45, 7) is 17.7. The van der Waals surface area contributed by atoms with Crippen molar-refractivity contribution in [2.45, 2.75) is 41.5 Å². The SMILES string of the molecule is CCN(CC)P1(N(CC)CC)(N(CC)CC)N=NN=C(Oc2ccc([N+](=O)[O-])cc2)S1. The third-order valence-electron chi connectivity index (χ3n) is 5.49. The summed E-state index contributed by atoms with van der Waals surface area (Å²) >= 11 is 1.55. The fourth-order valence-corrected chi connectivity index (χ4v) is 13.9. The van der Waals surface area contributed by atoms with Crippen molar-refractivity contribution in [2.75, 3.05) is 39.3 Å². The molecule has 0 unspecified atom stereocenters. The van der Waals surface area contributed by atoms with E-state index in [1.54, 1.807) is 23.5 Å². The Kier molecular flexibility index (Phi) is 8.91. The molecule has 31 heavy (non-hydrogen) atoms. The van der Waals surface area contributed by atoms with Gasteiger partial charge in [-0.05, 0) is 0 Å². The summed E-state index contributed by atoms with van der Waals surface area (Å²) < 4.78 is 13.3. The van der Waals surface area contributed by atoms with Crippen LogP contribution in [0.2, 0.25) is 0 Å². The molecule has 174 valence electrons. The number of hydrogen-bond donors (Lipinski definition) is 0. The minimum atomic E-state index is -3.37. The van der Waals surface area contributed by atoms with Gasteiger partial charge in [-0.15, -0.1) is 0 Å². The molecule has 0 radical (unpaired) electrons. The van der Waals surface area contributed by atoms with Crippen LogP contribution in [0.4, 0.5) is 5.69 Å². The number of nitro benzene ring substituents is 1. The van der Waals surface area contributed by atoms with Gasteiger partial charge in [0.1, 0.15) is 0 Å². The molecule has 0 fully saturated rings. The molecule has 0 saturated carbocycles. The van der Waals surface area contributed by atoms with E-state index in [4.69, 9.17) is 9.62 Å². The zero-order valence-electron chi connectivity index (χ0n) is 19.3. The molecule has 0 saturated heterocycles. The molecule has 12 heteroatoms. The molecule has 0 aromatic heterocycles. The number of hydrogen-bond acceptors (Lipinski definition) is 10. The Morgan fingerprint density at radius 2 is 1.35 bits per heavy atom. The Balaban J connectivity index is 2.57. The zero-order chi connectivity index (χ0) is 23.1. The third-order valence-corrected chi connectivity index (χ3v) is 14.9. The Morgan fingerprint density at radius 1 is 0.903 bits per heavy atom. The van der Waals surface area contributed by atoms with Gasteiger partial charge >= 0.3 is 189 Å². The summed E-state index contributed by atoms with van der Waals surface area (Å²) in [6.07, 6.45) is -3.37. The molecular formula is C19H34N7O3PS. The zero-order valence-corrected chi connectivity index (χ0v) is 21.0. The molecule has 1 aromatic carbocycles. The summed E-state index contributed by atoms with van der Waals surface area (Å²) in [7, 11) is 0. The molecule has 1 aromatic rings. The second kappa shape index (κ2) is 10.8. The number of nitrogens with zero attached hydrogens (tertiary/aromatic N) is 7. The Morgan fingerprint density at radius 3 is 1.74 bits per heavy atom. The van der Waals surface area contributed by atoms with Crippen LogP contribution in [0, 0.1) is 10.1 Å². The van der Waals surface area contributed by atoms with Crippen molar-refractivity contribution in [2.24, 2.45) is 15.2 Å². The van der Waals surface area contributed by atoms with Gasteiger partial charge in [0.15, 0.2) is 0 Å². The molecule has 0 spiro atoms. The van der Waals surface area contributed by atoms with Crippen LogP contribution in [0.3, 0.4) is 0 Å². The first-order valence-electron chi connectivity index (χ1n) is 10.8. The Bertz CT molecular complexity index is 775. The number of rotatable bonds is 11. The van der Waals surface area contributed by atoms with E-state index in [-0.39, 0.29) is 5.69 Å². The first-order chi connectivity index (χ1) is 14.9. The summed E-state index contributed by atoms with van der Waals surface area (Å²) in [5.41, 5.74) is 0.0133. The van der Waals surface area contributed by atoms with Gasteiger partial charge in [-0.2, -0.15) is 0 Å². The fourth-order valence-electron chi connectivity index (χ4n) is 4.11. The van der Waals surface area contributed by atoms with Crippen molar-refractivity contribution in [3.63, 3.8) is 0 Å². The molecule has 0 bridgehead atoms. The second-order valence-corrected chi connectivity index (χ2v) is 13.4. The van der Waals surface area contributed by atoms with Gasteiger partial charge in [-0.25, -0.2) is 0 Å². The molecule has 0 atom stereocenters. The van der Waals surface area contributed by atoms with Crippen LogP contribution in [0.5, 0.6) is 5.75 Å². The predicted octanol–water partition coefficient (Wildman–Crippen LogP) is 5.60. The predicted molar refractivity (Wildman–Crippen MR) is 129 cm³/mol. The number of nitro groups is 1. The number of ether oxygens (including phenoxy) is 1. The van der Waals surface area contributed by atoms with Gasteiger partial charge in [0.25, 0.3) is 0 Å². The Hall–Kier alpha value is -1.65. The van der Waals surface area contributed by atoms with Gasteiger partial charge in [0.2, 0.25) is 0 Å². The number of non-ortho nitro benzene ring substituents is 1. The Labute approximate surface area is 188 Å². The molecule has 1 aliphatic heterocycles. The molecule has 1 aliphatic rings. The quantitative estimate of drug-likeness (QED) is 0.235. The van der Waals surface area contributed by atoms with Crippen LogP contribution in [0.1, 0.15) is 41.5 Å². The van der Waals surface area contributed by atoms with Crippen molar-refractivity contribution in [3.05, 3.63) is 34.4 Å².